The molecule has 106 valence electrons. The van der Waals surface area contributed by atoms with Gasteiger partial charge < -0.3 is 5.73 Å². The molecular formula is C13H12ClFN2O2S. The van der Waals surface area contributed by atoms with Crippen LogP contribution >= 0.6 is 11.6 Å². The molecule has 0 saturated heterocycles. The maximum absolute atomic E-state index is 13.1. The summed E-state index contributed by atoms with van der Waals surface area (Å²) in [5.74, 6) is -0.675. The lowest BCUT2D eigenvalue weighted by Gasteiger charge is -2.11. The smallest absolute Gasteiger partial charge is 0.261 e. The Morgan fingerprint density at radius 1 is 1.20 bits per heavy atom. The molecule has 0 radical (unpaired) electrons. The van der Waals surface area contributed by atoms with Gasteiger partial charge in [-0.25, -0.2) is 12.8 Å². The van der Waals surface area contributed by atoms with E-state index in [1.165, 1.54) is 6.07 Å². The fourth-order valence-corrected chi connectivity index (χ4v) is 2.99. The Bertz CT molecular complexity index is 763. The Labute approximate surface area is 121 Å². The molecule has 2 aromatic carbocycles. The normalized spacial score (nSPS) is 11.3. The molecule has 20 heavy (non-hydrogen) atoms. The molecule has 0 aromatic heterocycles. The van der Waals surface area contributed by atoms with Crippen molar-refractivity contribution in [3.05, 3.63) is 52.8 Å². The van der Waals surface area contributed by atoms with Gasteiger partial charge >= 0.3 is 0 Å². The third kappa shape index (κ3) is 3.02. The second-order valence-corrected chi connectivity index (χ2v) is 6.35. The van der Waals surface area contributed by atoms with Crippen LogP contribution in [0.4, 0.5) is 15.8 Å². The van der Waals surface area contributed by atoms with Gasteiger partial charge in [0.2, 0.25) is 0 Å². The first kappa shape index (κ1) is 14.6. The minimum Gasteiger partial charge on any atom is -0.399 e. The number of nitrogens with one attached hydrogen (secondary N) is 1. The molecule has 0 atom stereocenters. The molecule has 7 heteroatoms. The lowest BCUT2D eigenvalue weighted by Crippen LogP contribution is -2.14. The summed E-state index contributed by atoms with van der Waals surface area (Å²) in [5.41, 5.74) is 7.14. The van der Waals surface area contributed by atoms with Crippen LogP contribution in [-0.4, -0.2) is 8.42 Å². The summed E-state index contributed by atoms with van der Waals surface area (Å²) in [4.78, 5) is -0.120. The monoisotopic (exact) mass is 314 g/mol. The Hall–Kier alpha value is -1.79. The first-order valence-electron chi connectivity index (χ1n) is 5.63. The molecule has 0 unspecified atom stereocenters. The van der Waals surface area contributed by atoms with Crippen LogP contribution in [0.5, 0.6) is 0 Å². The molecule has 0 aliphatic heterocycles. The predicted molar refractivity (Wildman–Crippen MR) is 77.8 cm³/mol. The van der Waals surface area contributed by atoms with E-state index in [1.54, 1.807) is 19.1 Å². The predicted octanol–water partition coefficient (Wildman–Crippen LogP) is 3.17. The number of hydrogen-bond acceptors (Lipinski definition) is 3. The number of nitrogen functional groups attached to an aromatic ring is 1. The second-order valence-electron chi connectivity index (χ2n) is 4.26. The number of benzene rings is 2. The Morgan fingerprint density at radius 3 is 2.55 bits per heavy atom. The molecule has 3 N–H and O–H groups in total. The zero-order chi connectivity index (χ0) is 14.9. The van der Waals surface area contributed by atoms with Crippen LogP contribution in [0.25, 0.3) is 0 Å². The maximum atomic E-state index is 13.1. The summed E-state index contributed by atoms with van der Waals surface area (Å²) in [6.45, 7) is 1.74. The largest absolute Gasteiger partial charge is 0.399 e. The molecule has 2 aromatic rings. The maximum Gasteiger partial charge on any atom is 0.261 e. The molecular weight excluding hydrogens is 303 g/mol. The topological polar surface area (TPSA) is 72.2 Å². The molecule has 0 fully saturated rings. The summed E-state index contributed by atoms with van der Waals surface area (Å²) in [5, 5.41) is -0.253. The minimum absolute atomic E-state index is 0.120. The number of hydrogen-bond donors (Lipinski definition) is 2. The van der Waals surface area contributed by atoms with Crippen molar-refractivity contribution in [3.8, 4) is 0 Å². The average molecular weight is 315 g/mol. The molecule has 0 spiro atoms. The van der Waals surface area contributed by atoms with Crippen molar-refractivity contribution in [2.24, 2.45) is 0 Å². The van der Waals surface area contributed by atoms with Crippen LogP contribution < -0.4 is 10.5 Å². The highest BCUT2D eigenvalue weighted by molar-refractivity contribution is 7.92. The van der Waals surface area contributed by atoms with Gasteiger partial charge in [-0.2, -0.15) is 0 Å². The zero-order valence-corrected chi connectivity index (χ0v) is 12.1. The summed E-state index contributed by atoms with van der Waals surface area (Å²) in [7, 11) is -3.85. The highest BCUT2D eigenvalue weighted by Gasteiger charge is 2.17. The van der Waals surface area contributed by atoms with Crippen molar-refractivity contribution in [2.45, 2.75) is 11.8 Å². The summed E-state index contributed by atoms with van der Waals surface area (Å²) in [6.07, 6.45) is 0. The van der Waals surface area contributed by atoms with Crippen molar-refractivity contribution in [2.75, 3.05) is 10.5 Å². The average Bonchev–Trinajstić information content (AvgIpc) is 2.36. The molecule has 0 heterocycles. The molecule has 2 rings (SSSR count). The van der Waals surface area contributed by atoms with E-state index in [4.69, 9.17) is 17.3 Å². The number of anilines is 2. The van der Waals surface area contributed by atoms with Crippen molar-refractivity contribution < 1.29 is 12.8 Å². The molecule has 4 nitrogen and oxygen atoms in total. The van der Waals surface area contributed by atoms with Crippen LogP contribution in [0, 0.1) is 12.7 Å². The molecule has 0 amide bonds. The molecule has 0 aliphatic carbocycles. The molecule has 0 aliphatic rings. The van der Waals surface area contributed by atoms with Crippen LogP contribution in [0.1, 0.15) is 5.56 Å². The SMILES string of the molecule is Cc1ccc(N)cc1NS(=O)(=O)c1ccc(F)c(Cl)c1. The third-order valence-electron chi connectivity index (χ3n) is 2.71. The van der Waals surface area contributed by atoms with E-state index in [0.29, 0.717) is 11.4 Å². The van der Waals surface area contributed by atoms with Crippen LogP contribution in [-0.2, 0) is 10.0 Å². The van der Waals surface area contributed by atoms with Gasteiger partial charge in [-0.05, 0) is 42.8 Å². The highest BCUT2D eigenvalue weighted by atomic mass is 35.5. The van der Waals surface area contributed by atoms with Gasteiger partial charge in [-0.3, -0.25) is 4.72 Å². The molecule has 0 bridgehead atoms. The van der Waals surface area contributed by atoms with E-state index < -0.39 is 15.8 Å². The fourth-order valence-electron chi connectivity index (χ4n) is 1.60. The zero-order valence-electron chi connectivity index (χ0n) is 10.5. The van der Waals surface area contributed by atoms with E-state index in [2.05, 4.69) is 4.72 Å². The number of aryl methyl sites for hydroxylation is 1. The number of rotatable bonds is 3. The molecule has 0 saturated carbocycles. The summed E-state index contributed by atoms with van der Waals surface area (Å²) < 4.78 is 39.9. The van der Waals surface area contributed by atoms with Crippen molar-refractivity contribution in [1.29, 1.82) is 0 Å². The van der Waals surface area contributed by atoms with E-state index in [9.17, 15) is 12.8 Å². The summed E-state index contributed by atoms with van der Waals surface area (Å²) in [6, 6.07) is 8.08. The van der Waals surface area contributed by atoms with E-state index >= 15 is 0 Å². The van der Waals surface area contributed by atoms with Gasteiger partial charge in [-0.15, -0.1) is 0 Å². The van der Waals surface area contributed by atoms with Gasteiger partial charge in [-0.1, -0.05) is 17.7 Å². The van der Waals surface area contributed by atoms with E-state index in [0.717, 1.165) is 23.8 Å². The van der Waals surface area contributed by atoms with Crippen molar-refractivity contribution in [3.63, 3.8) is 0 Å². The van der Waals surface area contributed by atoms with E-state index in [-0.39, 0.29) is 9.92 Å². The first-order valence-corrected chi connectivity index (χ1v) is 7.50. The minimum atomic E-state index is -3.85. The number of sulfonamides is 1. The van der Waals surface area contributed by atoms with Crippen molar-refractivity contribution >= 4 is 33.0 Å². The Kier molecular flexibility index (Phi) is 3.87. The third-order valence-corrected chi connectivity index (χ3v) is 4.36. The van der Waals surface area contributed by atoms with Gasteiger partial charge in [0.15, 0.2) is 0 Å². The number of nitrogens with two attached hydrogens (primary N) is 1. The lowest BCUT2D eigenvalue weighted by atomic mass is 10.2. The Balaban J connectivity index is 2.40. The van der Waals surface area contributed by atoms with E-state index in [1.807, 2.05) is 0 Å². The second kappa shape index (κ2) is 5.30. The first-order chi connectivity index (χ1) is 9.29. The summed E-state index contributed by atoms with van der Waals surface area (Å²) >= 11 is 5.59. The quantitative estimate of drug-likeness (QED) is 0.855. The van der Waals surface area contributed by atoms with Crippen molar-refractivity contribution in [1.82, 2.24) is 0 Å². The number of halogens is 2. The highest BCUT2D eigenvalue weighted by Crippen LogP contribution is 2.24. The van der Waals surface area contributed by atoms with Gasteiger partial charge in [0.1, 0.15) is 5.82 Å². The fraction of sp³-hybridized carbons (Fsp3) is 0.0769. The standard InChI is InChI=1S/C13H12ClFN2O2S/c1-8-2-3-9(16)6-13(8)17-20(18,19)10-4-5-12(15)11(14)7-10/h2-7,17H,16H2,1H3. The van der Waals surface area contributed by atoms with Crippen LogP contribution in [0.2, 0.25) is 5.02 Å². The van der Waals surface area contributed by atoms with Crippen LogP contribution in [0.3, 0.4) is 0 Å². The Morgan fingerprint density at radius 2 is 1.90 bits per heavy atom. The van der Waals surface area contributed by atoms with Gasteiger partial charge in [0.05, 0.1) is 15.6 Å². The van der Waals surface area contributed by atoms with Crippen LogP contribution in [0.15, 0.2) is 41.3 Å². The lowest BCUT2D eigenvalue weighted by molar-refractivity contribution is 0.599. The van der Waals surface area contributed by atoms with Gasteiger partial charge in [0.25, 0.3) is 10.0 Å². The van der Waals surface area contributed by atoms with Gasteiger partial charge in [0, 0.05) is 5.69 Å².